The maximum Gasteiger partial charge on any atom is 0.263 e. The van der Waals surface area contributed by atoms with Crippen LogP contribution in [-0.2, 0) is 13.0 Å². The van der Waals surface area contributed by atoms with Crippen LogP contribution in [0.1, 0.15) is 23.9 Å². The molecule has 0 saturated heterocycles. The van der Waals surface area contributed by atoms with Gasteiger partial charge in [-0.2, -0.15) is 5.10 Å². The molecule has 0 radical (unpaired) electrons. The number of nitrogens with zero attached hydrogens (tertiary/aromatic N) is 4. The monoisotopic (exact) mass is 418 g/mol. The number of benzene rings is 2. The Kier molecular flexibility index (Phi) is 6.50. The summed E-state index contributed by atoms with van der Waals surface area (Å²) < 4.78 is 26.2. The molecular formula is C19H20ClFN6O2. The topological polar surface area (TPSA) is 99.6 Å². The minimum Gasteiger partial charge on any atom is -0.493 e. The van der Waals surface area contributed by atoms with Gasteiger partial charge in [-0.05, 0) is 23.8 Å². The summed E-state index contributed by atoms with van der Waals surface area (Å²) >= 11 is 6.34. The predicted molar refractivity (Wildman–Crippen MR) is 110 cm³/mol. The number of halogens is 2. The van der Waals surface area contributed by atoms with E-state index in [4.69, 9.17) is 26.9 Å². The number of hydrogen-bond donors (Lipinski definition) is 2. The molecule has 10 heteroatoms. The minimum atomic E-state index is -0.351. The Balaban J connectivity index is 1.73. The average Bonchev–Trinajstić information content (AvgIpc) is 3.07. The lowest BCUT2D eigenvalue weighted by molar-refractivity contribution is 0.280. The molecule has 3 aromatic rings. The first-order valence-corrected chi connectivity index (χ1v) is 9.13. The van der Waals surface area contributed by atoms with E-state index in [1.165, 1.54) is 24.1 Å². The van der Waals surface area contributed by atoms with E-state index in [0.29, 0.717) is 45.8 Å². The largest absolute Gasteiger partial charge is 0.493 e. The van der Waals surface area contributed by atoms with E-state index in [2.05, 4.69) is 20.7 Å². The van der Waals surface area contributed by atoms with Crippen LogP contribution in [0.25, 0.3) is 0 Å². The molecule has 0 unspecified atom stereocenters. The lowest BCUT2D eigenvalue weighted by Gasteiger charge is -2.13. The fourth-order valence-corrected chi connectivity index (χ4v) is 2.80. The lowest BCUT2D eigenvalue weighted by Crippen LogP contribution is -2.14. The molecule has 8 nitrogen and oxygen atoms in total. The summed E-state index contributed by atoms with van der Waals surface area (Å²) in [7, 11) is 1.49. The zero-order chi connectivity index (χ0) is 20.8. The van der Waals surface area contributed by atoms with Crippen molar-refractivity contribution in [1.82, 2.24) is 14.9 Å². The Bertz CT molecular complexity index is 1020. The number of aryl methyl sites for hydroxylation is 1. The standard InChI is InChI=1S/C19H20ClFN6O2/c1-3-17-24-26-19(27(17)22)25-23-10-12-8-14(20)18(16(9-12)28-2)29-11-13-6-4-5-7-15(13)21/h4-10H,3,11,22H2,1-2H3,(H,25,26)/b23-10+. The second kappa shape index (κ2) is 9.24. The quantitative estimate of drug-likeness (QED) is 0.330. The van der Waals surface area contributed by atoms with Gasteiger partial charge in [0.05, 0.1) is 18.3 Å². The van der Waals surface area contributed by atoms with Gasteiger partial charge >= 0.3 is 0 Å². The molecule has 0 aliphatic carbocycles. The van der Waals surface area contributed by atoms with E-state index >= 15 is 0 Å². The van der Waals surface area contributed by atoms with Crippen LogP contribution in [0, 0.1) is 5.82 Å². The summed E-state index contributed by atoms with van der Waals surface area (Å²) in [6.07, 6.45) is 2.17. The molecule has 3 rings (SSSR count). The first kappa shape index (κ1) is 20.4. The molecule has 1 heterocycles. The Labute approximate surface area is 172 Å². The van der Waals surface area contributed by atoms with Crippen LogP contribution < -0.4 is 20.7 Å². The van der Waals surface area contributed by atoms with Crippen LogP contribution in [0.4, 0.5) is 10.3 Å². The van der Waals surface area contributed by atoms with Crippen LogP contribution >= 0.6 is 11.6 Å². The zero-order valence-corrected chi connectivity index (χ0v) is 16.7. The molecule has 0 saturated carbocycles. The van der Waals surface area contributed by atoms with Crippen molar-refractivity contribution in [2.45, 2.75) is 20.0 Å². The van der Waals surface area contributed by atoms with Crippen LogP contribution in [0.5, 0.6) is 11.5 Å². The third-order valence-electron chi connectivity index (χ3n) is 4.04. The van der Waals surface area contributed by atoms with Crippen molar-refractivity contribution in [3.05, 3.63) is 64.2 Å². The summed E-state index contributed by atoms with van der Waals surface area (Å²) in [6.45, 7) is 1.94. The third kappa shape index (κ3) is 4.75. The Hall–Kier alpha value is -3.33. The smallest absolute Gasteiger partial charge is 0.263 e. The normalized spacial score (nSPS) is 11.0. The van der Waals surface area contributed by atoms with Crippen LogP contribution in [0.3, 0.4) is 0 Å². The number of nitrogen functional groups attached to an aromatic ring is 1. The Morgan fingerprint density at radius 1 is 1.31 bits per heavy atom. The van der Waals surface area contributed by atoms with Crippen molar-refractivity contribution in [3.8, 4) is 11.5 Å². The Morgan fingerprint density at radius 3 is 2.79 bits per heavy atom. The number of aromatic nitrogens is 3. The van der Waals surface area contributed by atoms with Gasteiger partial charge in [0.15, 0.2) is 17.3 Å². The summed E-state index contributed by atoms with van der Waals surface area (Å²) in [6, 6.07) is 9.71. The van der Waals surface area contributed by atoms with E-state index in [1.807, 2.05) is 6.92 Å². The number of ether oxygens (including phenoxy) is 2. The molecule has 3 N–H and O–H groups in total. The number of hydrogen-bond acceptors (Lipinski definition) is 7. The number of anilines is 1. The van der Waals surface area contributed by atoms with Crippen molar-refractivity contribution in [3.63, 3.8) is 0 Å². The molecule has 0 spiro atoms. The number of hydrazone groups is 1. The first-order chi connectivity index (χ1) is 14.0. The molecule has 152 valence electrons. The highest BCUT2D eigenvalue weighted by Gasteiger charge is 2.13. The first-order valence-electron chi connectivity index (χ1n) is 8.75. The highest BCUT2D eigenvalue weighted by atomic mass is 35.5. The van der Waals surface area contributed by atoms with E-state index < -0.39 is 0 Å². The van der Waals surface area contributed by atoms with Gasteiger partial charge in [-0.1, -0.05) is 36.7 Å². The van der Waals surface area contributed by atoms with E-state index in [9.17, 15) is 4.39 Å². The fraction of sp³-hybridized carbons (Fsp3) is 0.211. The van der Waals surface area contributed by atoms with Crippen molar-refractivity contribution < 1.29 is 13.9 Å². The predicted octanol–water partition coefficient (Wildman–Crippen LogP) is 3.38. The molecule has 2 aromatic carbocycles. The molecule has 1 aromatic heterocycles. The summed E-state index contributed by atoms with van der Waals surface area (Å²) in [5, 5.41) is 12.2. The number of rotatable bonds is 8. The van der Waals surface area contributed by atoms with E-state index in [0.717, 1.165) is 0 Å². The summed E-state index contributed by atoms with van der Waals surface area (Å²) in [5.41, 5.74) is 3.78. The van der Waals surface area contributed by atoms with E-state index in [1.54, 1.807) is 30.3 Å². The molecule has 0 atom stereocenters. The lowest BCUT2D eigenvalue weighted by atomic mass is 10.2. The molecule has 0 amide bonds. The number of nitrogens with two attached hydrogens (primary N) is 1. The van der Waals surface area contributed by atoms with Gasteiger partial charge in [-0.25, -0.2) is 14.5 Å². The molecular weight excluding hydrogens is 399 g/mol. The van der Waals surface area contributed by atoms with Gasteiger partial charge in [0.2, 0.25) is 0 Å². The highest BCUT2D eigenvalue weighted by Crippen LogP contribution is 2.36. The number of methoxy groups -OCH3 is 1. The number of nitrogens with one attached hydrogen (secondary N) is 1. The molecule has 0 aliphatic heterocycles. The molecule has 0 fully saturated rings. The Morgan fingerprint density at radius 2 is 2.10 bits per heavy atom. The van der Waals surface area contributed by atoms with Gasteiger partial charge < -0.3 is 15.3 Å². The third-order valence-corrected chi connectivity index (χ3v) is 4.32. The van der Waals surface area contributed by atoms with Gasteiger partial charge in [-0.3, -0.25) is 0 Å². The maximum atomic E-state index is 13.8. The van der Waals surface area contributed by atoms with Crippen LogP contribution in [0.2, 0.25) is 5.02 Å². The van der Waals surface area contributed by atoms with Gasteiger partial charge in [0, 0.05) is 12.0 Å². The summed E-state index contributed by atoms with van der Waals surface area (Å²) in [4.78, 5) is 0. The highest BCUT2D eigenvalue weighted by molar-refractivity contribution is 6.32. The van der Waals surface area contributed by atoms with Crippen molar-refractivity contribution in [2.24, 2.45) is 5.10 Å². The van der Waals surface area contributed by atoms with Crippen molar-refractivity contribution in [1.29, 1.82) is 0 Å². The summed E-state index contributed by atoms with van der Waals surface area (Å²) in [5.74, 6) is 7.14. The van der Waals surface area contributed by atoms with Gasteiger partial charge in [-0.15, -0.1) is 10.2 Å². The minimum absolute atomic E-state index is 0.0175. The molecule has 29 heavy (non-hydrogen) atoms. The zero-order valence-electron chi connectivity index (χ0n) is 15.9. The second-order valence-electron chi connectivity index (χ2n) is 5.95. The fourth-order valence-electron chi connectivity index (χ4n) is 2.53. The molecule has 0 bridgehead atoms. The van der Waals surface area contributed by atoms with E-state index in [-0.39, 0.29) is 12.4 Å². The van der Waals surface area contributed by atoms with Crippen molar-refractivity contribution in [2.75, 3.05) is 18.4 Å². The van der Waals surface area contributed by atoms with Crippen LogP contribution in [-0.4, -0.2) is 28.2 Å². The van der Waals surface area contributed by atoms with Crippen molar-refractivity contribution >= 4 is 23.8 Å². The SMILES string of the molecule is CCc1nnc(N/N=C/c2cc(Cl)c(OCc3ccccc3F)c(OC)c2)n1N. The average molecular weight is 419 g/mol. The van der Waals surface area contributed by atoms with Gasteiger partial charge in [0.25, 0.3) is 5.95 Å². The van der Waals surface area contributed by atoms with Gasteiger partial charge in [0.1, 0.15) is 12.4 Å². The maximum absolute atomic E-state index is 13.8. The second-order valence-corrected chi connectivity index (χ2v) is 6.35. The molecule has 0 aliphatic rings. The van der Waals surface area contributed by atoms with Crippen LogP contribution in [0.15, 0.2) is 41.5 Å².